The number of urea groups is 1. The van der Waals surface area contributed by atoms with Crippen molar-refractivity contribution in [1.82, 2.24) is 14.9 Å². The Balaban J connectivity index is 1.80. The Hall–Kier alpha value is -2.65. The Morgan fingerprint density at radius 1 is 1.31 bits per heavy atom. The molecule has 0 radical (unpaired) electrons. The summed E-state index contributed by atoms with van der Waals surface area (Å²) in [6.07, 6.45) is 1.05. The molecule has 3 saturated heterocycles. The van der Waals surface area contributed by atoms with Crippen molar-refractivity contribution in [2.75, 3.05) is 6.54 Å². The molecular formula is C17H19N3O6. The van der Waals surface area contributed by atoms with Crippen LogP contribution in [0, 0.1) is 0 Å². The molecule has 9 heteroatoms. The minimum atomic E-state index is -2.26. The summed E-state index contributed by atoms with van der Waals surface area (Å²) in [5.41, 5.74) is -1.53. The van der Waals surface area contributed by atoms with E-state index in [0.717, 1.165) is 22.5 Å². The number of fused-ring (bicyclic) bond motifs is 3. The quantitative estimate of drug-likeness (QED) is 0.752. The summed E-state index contributed by atoms with van der Waals surface area (Å²) < 4.78 is 5.44. The van der Waals surface area contributed by atoms with E-state index >= 15 is 0 Å². The molecule has 26 heavy (non-hydrogen) atoms. The number of hydrogen-bond donors (Lipinski definition) is 2. The molecule has 0 aliphatic carbocycles. The van der Waals surface area contributed by atoms with Crippen molar-refractivity contribution >= 4 is 17.9 Å². The van der Waals surface area contributed by atoms with Crippen molar-refractivity contribution < 1.29 is 29.3 Å². The monoisotopic (exact) mass is 361 g/mol. The van der Waals surface area contributed by atoms with Gasteiger partial charge < -0.3 is 19.8 Å². The van der Waals surface area contributed by atoms with Crippen LogP contribution < -0.4 is 0 Å². The van der Waals surface area contributed by atoms with Crippen molar-refractivity contribution in [2.45, 2.75) is 43.9 Å². The van der Waals surface area contributed by atoms with Crippen LogP contribution >= 0.6 is 0 Å². The topological polar surface area (TPSA) is 111 Å². The first-order valence-corrected chi connectivity index (χ1v) is 8.41. The number of carbonyl (C=O) groups excluding carboxylic acids is 2. The number of carboxylic acids is 1. The first-order valence-electron chi connectivity index (χ1n) is 8.41. The van der Waals surface area contributed by atoms with E-state index in [2.05, 4.69) is 0 Å². The molecule has 3 atom stereocenters. The highest BCUT2D eigenvalue weighted by atomic mass is 16.7. The van der Waals surface area contributed by atoms with Crippen LogP contribution in [-0.2, 0) is 20.9 Å². The van der Waals surface area contributed by atoms with Crippen LogP contribution in [0.4, 0.5) is 4.79 Å². The minimum Gasteiger partial charge on any atom is -0.479 e. The van der Waals surface area contributed by atoms with Gasteiger partial charge in [0.25, 0.3) is 11.8 Å². The van der Waals surface area contributed by atoms with Crippen LogP contribution in [0.15, 0.2) is 30.3 Å². The summed E-state index contributed by atoms with van der Waals surface area (Å²) in [5, 5.41) is 22.5. The fraction of sp³-hybridized carbons (Fsp3) is 0.471. The number of amides is 3. The maximum atomic E-state index is 13.0. The van der Waals surface area contributed by atoms with E-state index in [1.165, 1.54) is 4.90 Å². The van der Waals surface area contributed by atoms with Gasteiger partial charge in [0.2, 0.25) is 5.60 Å². The van der Waals surface area contributed by atoms with Crippen LogP contribution in [0.1, 0.15) is 25.3 Å². The molecule has 1 aromatic rings. The lowest BCUT2D eigenvalue weighted by atomic mass is 10.1. The number of nitrogens with zero attached hydrogens (tertiary/aromatic N) is 3. The normalized spacial score (nSPS) is 33.5. The lowest BCUT2D eigenvalue weighted by molar-refractivity contribution is -0.338. The smallest absolute Gasteiger partial charge is 0.345 e. The molecule has 138 valence electrons. The Morgan fingerprint density at radius 3 is 2.65 bits per heavy atom. The molecule has 2 N–H and O–H groups in total. The first-order chi connectivity index (χ1) is 12.3. The van der Waals surface area contributed by atoms with Crippen LogP contribution in [0.2, 0.25) is 0 Å². The molecule has 1 aromatic carbocycles. The first kappa shape index (κ1) is 16.8. The van der Waals surface area contributed by atoms with Crippen molar-refractivity contribution in [2.24, 2.45) is 0 Å². The van der Waals surface area contributed by atoms with Gasteiger partial charge in [-0.1, -0.05) is 30.3 Å². The molecular weight excluding hydrogens is 342 g/mol. The van der Waals surface area contributed by atoms with Crippen molar-refractivity contribution in [3.63, 3.8) is 0 Å². The Labute approximate surface area is 149 Å². The number of benzene rings is 1. The molecule has 4 rings (SSSR count). The molecule has 3 heterocycles. The Kier molecular flexibility index (Phi) is 3.50. The van der Waals surface area contributed by atoms with Gasteiger partial charge in [-0.3, -0.25) is 4.79 Å². The fourth-order valence-electron chi connectivity index (χ4n) is 3.88. The highest BCUT2D eigenvalue weighted by molar-refractivity contribution is 6.07. The third kappa shape index (κ3) is 2.07. The number of aliphatic carboxylic acids is 1. The number of carbonyl (C=O) groups is 3. The maximum Gasteiger partial charge on any atom is 0.345 e. The van der Waals surface area contributed by atoms with Gasteiger partial charge in [-0.15, -0.1) is 0 Å². The molecule has 3 fully saturated rings. The van der Waals surface area contributed by atoms with Crippen molar-refractivity contribution in [1.29, 1.82) is 0 Å². The van der Waals surface area contributed by atoms with Gasteiger partial charge in [0, 0.05) is 6.54 Å². The molecule has 0 unspecified atom stereocenters. The van der Waals surface area contributed by atoms with Gasteiger partial charge in [0.1, 0.15) is 6.04 Å². The number of aliphatic hydroxyl groups is 1. The maximum absolute atomic E-state index is 13.0. The number of carboxylic acid groups (broad SMARTS) is 1. The lowest BCUT2D eigenvalue weighted by Crippen LogP contribution is -2.72. The van der Waals surface area contributed by atoms with Crippen LogP contribution in [0.3, 0.4) is 0 Å². The van der Waals surface area contributed by atoms with Crippen molar-refractivity contribution in [3.05, 3.63) is 35.9 Å². The zero-order valence-electron chi connectivity index (χ0n) is 14.2. The van der Waals surface area contributed by atoms with E-state index in [4.69, 9.17) is 4.74 Å². The highest BCUT2D eigenvalue weighted by Crippen LogP contribution is 2.45. The number of rotatable bonds is 3. The SMILES string of the molecule is C[C@@]1(C(=O)O)O[C@@]2(O)[C@@H]3CCCN3C(=O)N(Cc3ccccc3)N2C1=O. The van der Waals surface area contributed by atoms with Gasteiger partial charge in [0.05, 0.1) is 6.54 Å². The summed E-state index contributed by atoms with van der Waals surface area (Å²) >= 11 is 0. The van der Waals surface area contributed by atoms with Crippen LogP contribution in [0.25, 0.3) is 0 Å². The summed E-state index contributed by atoms with van der Waals surface area (Å²) in [6.45, 7) is 1.51. The van der Waals surface area contributed by atoms with Gasteiger partial charge in [-0.05, 0) is 25.3 Å². The van der Waals surface area contributed by atoms with E-state index in [1.54, 1.807) is 24.3 Å². The summed E-state index contributed by atoms with van der Waals surface area (Å²) in [4.78, 5) is 39.0. The second-order valence-electron chi connectivity index (χ2n) is 6.89. The fourth-order valence-corrected chi connectivity index (χ4v) is 3.88. The average Bonchev–Trinajstić information content (AvgIpc) is 3.17. The molecule has 0 aromatic heterocycles. The summed E-state index contributed by atoms with van der Waals surface area (Å²) in [7, 11) is 0. The molecule has 0 spiro atoms. The Bertz CT molecular complexity index is 786. The second-order valence-corrected chi connectivity index (χ2v) is 6.89. The van der Waals surface area contributed by atoms with Gasteiger partial charge in [0.15, 0.2) is 0 Å². The molecule has 3 amide bonds. The van der Waals surface area contributed by atoms with Crippen LogP contribution in [0.5, 0.6) is 0 Å². The predicted molar refractivity (Wildman–Crippen MR) is 86.0 cm³/mol. The van der Waals surface area contributed by atoms with E-state index in [-0.39, 0.29) is 6.54 Å². The zero-order chi connectivity index (χ0) is 18.7. The van der Waals surface area contributed by atoms with E-state index in [1.807, 2.05) is 6.07 Å². The standard InChI is InChI=1S/C17H19N3O6/c1-16(14(22)23)13(21)20-17(25,26-16)12-8-5-9-18(12)15(24)19(20)10-11-6-3-2-4-7-11/h2-4,6-7,12,25H,5,8-10H2,1H3,(H,22,23)/t12-,16+,17-/m0/s1. The molecule has 3 aliphatic rings. The third-order valence-electron chi connectivity index (χ3n) is 5.24. The zero-order valence-corrected chi connectivity index (χ0v) is 14.2. The van der Waals surface area contributed by atoms with Crippen molar-refractivity contribution in [3.8, 4) is 0 Å². The van der Waals surface area contributed by atoms with Crippen LogP contribution in [-0.4, -0.2) is 67.1 Å². The highest BCUT2D eigenvalue weighted by Gasteiger charge is 2.71. The van der Waals surface area contributed by atoms with Gasteiger partial charge in [-0.25, -0.2) is 14.6 Å². The lowest BCUT2D eigenvalue weighted by Gasteiger charge is -2.50. The number of ether oxygens (including phenoxy) is 1. The average molecular weight is 361 g/mol. The molecule has 9 nitrogen and oxygen atoms in total. The molecule has 3 aliphatic heterocycles. The predicted octanol–water partition coefficient (Wildman–Crippen LogP) is 0.350. The summed E-state index contributed by atoms with van der Waals surface area (Å²) in [5.74, 6) is -4.69. The number of hydrazine groups is 1. The largest absolute Gasteiger partial charge is 0.479 e. The minimum absolute atomic E-state index is 0.00992. The van der Waals surface area contributed by atoms with E-state index in [0.29, 0.717) is 19.4 Å². The second kappa shape index (κ2) is 5.42. The van der Waals surface area contributed by atoms with E-state index in [9.17, 15) is 24.6 Å². The van der Waals surface area contributed by atoms with E-state index < -0.39 is 35.5 Å². The molecule has 0 bridgehead atoms. The summed E-state index contributed by atoms with van der Waals surface area (Å²) in [6, 6.07) is 7.71. The van der Waals surface area contributed by atoms with Gasteiger partial charge >= 0.3 is 12.0 Å². The number of hydrogen-bond acceptors (Lipinski definition) is 5. The Morgan fingerprint density at radius 2 is 2.00 bits per heavy atom. The van der Waals surface area contributed by atoms with Gasteiger partial charge in [-0.2, -0.15) is 5.01 Å². The molecule has 0 saturated carbocycles. The third-order valence-corrected chi connectivity index (χ3v) is 5.24.